The van der Waals surface area contributed by atoms with Crippen molar-refractivity contribution in [2.45, 2.75) is 45.1 Å². The molecule has 1 saturated carbocycles. The summed E-state index contributed by atoms with van der Waals surface area (Å²) in [7, 11) is 0. The van der Waals surface area contributed by atoms with Gasteiger partial charge in [-0.05, 0) is 56.2 Å². The summed E-state index contributed by atoms with van der Waals surface area (Å²) in [6, 6.07) is 10.8. The number of rotatable bonds is 2. The number of nitrogens with zero attached hydrogens (tertiary/aromatic N) is 1. The van der Waals surface area contributed by atoms with E-state index in [1.54, 1.807) is 0 Å². The summed E-state index contributed by atoms with van der Waals surface area (Å²) in [5.74, 6) is 0.760. The molecule has 2 nitrogen and oxygen atoms in total. The summed E-state index contributed by atoms with van der Waals surface area (Å²) >= 11 is 0. The minimum atomic E-state index is -0.347. The molecule has 0 heterocycles. The molecular weight excluding hydrogens is 208 g/mol. The molecule has 1 fully saturated rings. The van der Waals surface area contributed by atoms with Crippen molar-refractivity contribution in [3.63, 3.8) is 0 Å². The smallest absolute Gasteiger partial charge is 0.125 e. The van der Waals surface area contributed by atoms with Crippen molar-refractivity contribution in [3.05, 3.63) is 29.8 Å². The predicted octanol–water partition coefficient (Wildman–Crippen LogP) is 3.88. The highest BCUT2D eigenvalue weighted by Crippen LogP contribution is 2.34. The second kappa shape index (κ2) is 4.79. The van der Waals surface area contributed by atoms with E-state index in [4.69, 9.17) is 0 Å². The lowest BCUT2D eigenvalue weighted by atomic mass is 9.78. The highest BCUT2D eigenvalue weighted by atomic mass is 15.0. The molecule has 0 radical (unpaired) electrons. The molecule has 1 aliphatic rings. The average Bonchev–Trinajstić information content (AvgIpc) is 2.33. The number of anilines is 1. The molecule has 1 aromatic rings. The number of nitrogens with one attached hydrogen (secondary N) is 1. The van der Waals surface area contributed by atoms with Crippen molar-refractivity contribution in [3.8, 4) is 6.07 Å². The topological polar surface area (TPSA) is 35.8 Å². The van der Waals surface area contributed by atoms with Crippen LogP contribution in [-0.2, 0) is 0 Å². The Balaban J connectivity index is 2.13. The van der Waals surface area contributed by atoms with Crippen LogP contribution >= 0.6 is 0 Å². The van der Waals surface area contributed by atoms with Crippen LogP contribution in [0.25, 0.3) is 0 Å². The van der Waals surface area contributed by atoms with E-state index in [0.29, 0.717) is 0 Å². The van der Waals surface area contributed by atoms with Crippen LogP contribution in [-0.4, -0.2) is 5.54 Å². The summed E-state index contributed by atoms with van der Waals surface area (Å²) in [5.41, 5.74) is 1.95. The van der Waals surface area contributed by atoms with Crippen LogP contribution in [0.1, 0.15) is 38.2 Å². The largest absolute Gasteiger partial charge is 0.367 e. The van der Waals surface area contributed by atoms with E-state index in [-0.39, 0.29) is 5.54 Å². The van der Waals surface area contributed by atoms with Crippen molar-refractivity contribution in [2.75, 3.05) is 5.32 Å². The lowest BCUT2D eigenvalue weighted by Gasteiger charge is -2.35. The zero-order valence-electron chi connectivity index (χ0n) is 10.7. The van der Waals surface area contributed by atoms with E-state index in [9.17, 15) is 5.26 Å². The quantitative estimate of drug-likeness (QED) is 0.833. The molecule has 1 aliphatic carbocycles. The number of hydrogen-bond donors (Lipinski definition) is 1. The first-order valence-corrected chi connectivity index (χ1v) is 6.40. The first-order chi connectivity index (χ1) is 8.13. The number of nitriles is 1. The maximum absolute atomic E-state index is 9.45. The third-order valence-electron chi connectivity index (χ3n) is 3.74. The Morgan fingerprint density at radius 2 is 2.06 bits per heavy atom. The molecule has 0 aliphatic heterocycles. The first-order valence-electron chi connectivity index (χ1n) is 6.40. The fourth-order valence-corrected chi connectivity index (χ4v) is 2.52. The van der Waals surface area contributed by atoms with Gasteiger partial charge in [-0.15, -0.1) is 0 Å². The zero-order chi connectivity index (χ0) is 12.3. The van der Waals surface area contributed by atoms with Crippen LogP contribution in [0.15, 0.2) is 24.3 Å². The zero-order valence-corrected chi connectivity index (χ0v) is 10.7. The Bertz CT molecular complexity index is 423. The van der Waals surface area contributed by atoms with Gasteiger partial charge in [0.1, 0.15) is 5.54 Å². The molecule has 0 unspecified atom stereocenters. The van der Waals surface area contributed by atoms with Crippen LogP contribution < -0.4 is 5.32 Å². The summed E-state index contributed by atoms with van der Waals surface area (Å²) in [4.78, 5) is 0. The summed E-state index contributed by atoms with van der Waals surface area (Å²) in [6.45, 7) is 4.35. The molecule has 17 heavy (non-hydrogen) atoms. The Kier molecular flexibility index (Phi) is 3.38. The van der Waals surface area contributed by atoms with Crippen molar-refractivity contribution in [2.24, 2.45) is 5.92 Å². The first kappa shape index (κ1) is 12.0. The SMILES string of the molecule is Cc1cccc(NC2(C#N)CCC(C)CC2)c1. The maximum atomic E-state index is 9.45. The Hall–Kier alpha value is -1.49. The van der Waals surface area contributed by atoms with Crippen molar-refractivity contribution in [1.29, 1.82) is 5.26 Å². The Morgan fingerprint density at radius 3 is 2.65 bits per heavy atom. The van der Waals surface area contributed by atoms with E-state index in [0.717, 1.165) is 37.3 Å². The molecule has 90 valence electrons. The van der Waals surface area contributed by atoms with Crippen molar-refractivity contribution in [1.82, 2.24) is 0 Å². The Morgan fingerprint density at radius 1 is 1.35 bits per heavy atom. The van der Waals surface area contributed by atoms with Gasteiger partial charge in [-0.1, -0.05) is 19.1 Å². The molecule has 0 bridgehead atoms. The molecule has 0 amide bonds. The second-order valence-corrected chi connectivity index (χ2v) is 5.37. The van der Waals surface area contributed by atoms with Gasteiger partial charge in [0.05, 0.1) is 6.07 Å². The van der Waals surface area contributed by atoms with Crippen LogP contribution in [0.5, 0.6) is 0 Å². The van der Waals surface area contributed by atoms with Gasteiger partial charge in [0.2, 0.25) is 0 Å². The summed E-state index contributed by atoms with van der Waals surface area (Å²) < 4.78 is 0. The van der Waals surface area contributed by atoms with E-state index >= 15 is 0 Å². The number of benzene rings is 1. The number of aryl methyl sites for hydroxylation is 1. The standard InChI is InChI=1S/C15H20N2/c1-12-6-8-15(11-16,9-7-12)17-14-5-3-4-13(2)10-14/h3-5,10,12,17H,6-9H2,1-2H3. The fourth-order valence-electron chi connectivity index (χ4n) is 2.52. The normalized spacial score (nSPS) is 28.4. The third-order valence-corrected chi connectivity index (χ3v) is 3.74. The van der Waals surface area contributed by atoms with Crippen LogP contribution in [0.3, 0.4) is 0 Å². The lowest BCUT2D eigenvalue weighted by Crippen LogP contribution is -2.40. The molecule has 0 atom stereocenters. The van der Waals surface area contributed by atoms with E-state index in [1.807, 2.05) is 12.1 Å². The third kappa shape index (κ3) is 2.79. The molecule has 0 aromatic heterocycles. The van der Waals surface area contributed by atoms with Gasteiger partial charge in [0.15, 0.2) is 0 Å². The summed E-state index contributed by atoms with van der Waals surface area (Å²) in [5, 5.41) is 12.9. The van der Waals surface area contributed by atoms with E-state index in [1.165, 1.54) is 5.56 Å². The van der Waals surface area contributed by atoms with Gasteiger partial charge >= 0.3 is 0 Å². The fraction of sp³-hybridized carbons (Fsp3) is 0.533. The van der Waals surface area contributed by atoms with Crippen LogP contribution in [0.2, 0.25) is 0 Å². The minimum Gasteiger partial charge on any atom is -0.367 e. The predicted molar refractivity (Wildman–Crippen MR) is 70.8 cm³/mol. The average molecular weight is 228 g/mol. The maximum Gasteiger partial charge on any atom is 0.125 e. The molecule has 2 heteroatoms. The monoisotopic (exact) mass is 228 g/mol. The Labute approximate surface area is 104 Å². The minimum absolute atomic E-state index is 0.347. The highest BCUT2D eigenvalue weighted by Gasteiger charge is 2.34. The molecule has 2 rings (SSSR count). The van der Waals surface area contributed by atoms with Crippen molar-refractivity contribution >= 4 is 5.69 Å². The van der Waals surface area contributed by atoms with Gasteiger partial charge in [-0.25, -0.2) is 0 Å². The van der Waals surface area contributed by atoms with Crippen LogP contribution in [0, 0.1) is 24.2 Å². The molecule has 1 N–H and O–H groups in total. The second-order valence-electron chi connectivity index (χ2n) is 5.37. The highest BCUT2D eigenvalue weighted by molar-refractivity contribution is 5.49. The number of hydrogen-bond acceptors (Lipinski definition) is 2. The lowest BCUT2D eigenvalue weighted by molar-refractivity contribution is 0.314. The van der Waals surface area contributed by atoms with E-state index in [2.05, 4.69) is 37.4 Å². The molecular formula is C15H20N2. The van der Waals surface area contributed by atoms with Crippen molar-refractivity contribution < 1.29 is 0 Å². The van der Waals surface area contributed by atoms with Gasteiger partial charge in [0.25, 0.3) is 0 Å². The van der Waals surface area contributed by atoms with Gasteiger partial charge in [-0.3, -0.25) is 0 Å². The molecule has 0 spiro atoms. The van der Waals surface area contributed by atoms with Gasteiger partial charge in [0, 0.05) is 5.69 Å². The van der Waals surface area contributed by atoms with Crippen LogP contribution in [0.4, 0.5) is 5.69 Å². The van der Waals surface area contributed by atoms with E-state index < -0.39 is 0 Å². The molecule has 1 aromatic carbocycles. The van der Waals surface area contributed by atoms with Gasteiger partial charge < -0.3 is 5.32 Å². The molecule has 0 saturated heterocycles. The van der Waals surface area contributed by atoms with Gasteiger partial charge in [-0.2, -0.15) is 5.26 Å². The summed E-state index contributed by atoms with van der Waals surface area (Å²) in [6.07, 6.45) is 4.20.